The summed E-state index contributed by atoms with van der Waals surface area (Å²) in [5.41, 5.74) is 6.90. The number of amidine groups is 1. The van der Waals surface area contributed by atoms with Crippen molar-refractivity contribution in [1.82, 2.24) is 4.98 Å². The number of rotatable bonds is 4. The molecule has 0 saturated carbocycles. The molecule has 2 aromatic rings. The monoisotopic (exact) mass is 262 g/mol. The maximum Gasteiger partial charge on any atom is 0.188 e. The number of pyridine rings is 1. The number of oxime groups is 1. The second-order valence-corrected chi connectivity index (χ2v) is 4.85. The van der Waals surface area contributed by atoms with Gasteiger partial charge in [-0.05, 0) is 23.6 Å². The number of aromatic nitrogens is 1. The van der Waals surface area contributed by atoms with Crippen LogP contribution in [0.25, 0.3) is 0 Å². The average Bonchev–Trinajstić information content (AvgIpc) is 2.91. The van der Waals surface area contributed by atoms with E-state index < -0.39 is 0 Å². The second-order valence-electron chi connectivity index (χ2n) is 3.82. The van der Waals surface area contributed by atoms with Gasteiger partial charge in [0.2, 0.25) is 0 Å². The molecule has 0 fully saturated rings. The van der Waals surface area contributed by atoms with Crippen LogP contribution in [0.5, 0.6) is 0 Å². The Kier molecular flexibility index (Phi) is 3.78. The second kappa shape index (κ2) is 5.50. The van der Waals surface area contributed by atoms with Crippen LogP contribution in [-0.4, -0.2) is 23.1 Å². The van der Waals surface area contributed by atoms with E-state index in [0.717, 1.165) is 12.2 Å². The molecule has 94 valence electrons. The maximum atomic E-state index is 8.55. The molecule has 0 saturated heterocycles. The summed E-state index contributed by atoms with van der Waals surface area (Å²) in [5, 5.41) is 13.5. The zero-order valence-corrected chi connectivity index (χ0v) is 10.8. The van der Waals surface area contributed by atoms with Gasteiger partial charge in [0.25, 0.3) is 0 Å². The number of hydrogen-bond donors (Lipinski definition) is 2. The fourth-order valence-corrected chi connectivity index (χ4v) is 2.30. The molecular formula is C12H14N4OS. The molecule has 18 heavy (non-hydrogen) atoms. The van der Waals surface area contributed by atoms with Crippen LogP contribution in [0, 0.1) is 0 Å². The van der Waals surface area contributed by atoms with Crippen LogP contribution in [0.1, 0.15) is 10.6 Å². The molecule has 0 aliphatic carbocycles. The fourth-order valence-electron chi connectivity index (χ4n) is 1.54. The smallest absolute Gasteiger partial charge is 0.188 e. The van der Waals surface area contributed by atoms with Crippen LogP contribution in [0.3, 0.4) is 0 Å². The predicted octanol–water partition coefficient (Wildman–Crippen LogP) is 1.87. The molecule has 0 bridgehead atoms. The normalized spacial score (nSPS) is 11.5. The lowest BCUT2D eigenvalue weighted by Crippen LogP contribution is -2.18. The van der Waals surface area contributed by atoms with E-state index in [1.807, 2.05) is 19.2 Å². The summed E-state index contributed by atoms with van der Waals surface area (Å²) in [6.07, 6.45) is 1.71. The van der Waals surface area contributed by atoms with Gasteiger partial charge >= 0.3 is 0 Å². The topological polar surface area (TPSA) is 74.7 Å². The summed E-state index contributed by atoms with van der Waals surface area (Å²) < 4.78 is 0. The summed E-state index contributed by atoms with van der Waals surface area (Å²) >= 11 is 1.72. The molecule has 0 aliphatic rings. The minimum Gasteiger partial charge on any atom is -0.409 e. The Morgan fingerprint density at radius 2 is 2.33 bits per heavy atom. The van der Waals surface area contributed by atoms with Gasteiger partial charge in [-0.15, -0.1) is 11.3 Å². The van der Waals surface area contributed by atoms with Crippen LogP contribution in [0.2, 0.25) is 0 Å². The Bertz CT molecular complexity index is 522. The highest BCUT2D eigenvalue weighted by Gasteiger charge is 2.05. The molecule has 0 amide bonds. The molecule has 2 aromatic heterocycles. The molecule has 0 unspecified atom stereocenters. The Morgan fingerprint density at radius 1 is 1.50 bits per heavy atom. The molecule has 6 heteroatoms. The third kappa shape index (κ3) is 2.78. The lowest BCUT2D eigenvalue weighted by Gasteiger charge is -2.18. The molecule has 0 radical (unpaired) electrons. The quantitative estimate of drug-likeness (QED) is 0.382. The van der Waals surface area contributed by atoms with E-state index in [9.17, 15) is 0 Å². The first-order valence-corrected chi connectivity index (χ1v) is 6.26. The Hall–Kier alpha value is -2.08. The van der Waals surface area contributed by atoms with Gasteiger partial charge in [-0.3, -0.25) is 4.98 Å². The van der Waals surface area contributed by atoms with Gasteiger partial charge in [-0.1, -0.05) is 11.2 Å². The van der Waals surface area contributed by atoms with Crippen molar-refractivity contribution in [3.63, 3.8) is 0 Å². The van der Waals surface area contributed by atoms with Gasteiger partial charge in [0.05, 0.1) is 18.4 Å². The summed E-state index contributed by atoms with van der Waals surface area (Å²) in [4.78, 5) is 7.53. The predicted molar refractivity (Wildman–Crippen MR) is 73.2 cm³/mol. The van der Waals surface area contributed by atoms with Crippen molar-refractivity contribution in [3.05, 3.63) is 46.4 Å². The molecule has 0 spiro atoms. The zero-order chi connectivity index (χ0) is 13.0. The van der Waals surface area contributed by atoms with Gasteiger partial charge in [0.1, 0.15) is 5.69 Å². The first-order chi connectivity index (χ1) is 8.70. The Balaban J connectivity index is 2.09. The van der Waals surface area contributed by atoms with E-state index >= 15 is 0 Å². The first-order valence-electron chi connectivity index (χ1n) is 5.38. The number of nitrogens with two attached hydrogens (primary N) is 1. The highest BCUT2D eigenvalue weighted by atomic mass is 32.1. The molecule has 0 aromatic carbocycles. The molecule has 2 rings (SSSR count). The van der Waals surface area contributed by atoms with Gasteiger partial charge in [-0.25, -0.2) is 0 Å². The fraction of sp³-hybridized carbons (Fsp3) is 0.167. The van der Waals surface area contributed by atoms with Crippen molar-refractivity contribution in [2.45, 2.75) is 6.54 Å². The minimum absolute atomic E-state index is 0.0162. The van der Waals surface area contributed by atoms with Crippen LogP contribution in [0.4, 0.5) is 5.69 Å². The number of anilines is 1. The lowest BCUT2D eigenvalue weighted by molar-refractivity contribution is 0.318. The third-order valence-electron chi connectivity index (χ3n) is 2.53. The van der Waals surface area contributed by atoms with E-state index in [-0.39, 0.29) is 5.84 Å². The van der Waals surface area contributed by atoms with Crippen molar-refractivity contribution in [2.24, 2.45) is 10.9 Å². The minimum atomic E-state index is 0.0162. The van der Waals surface area contributed by atoms with E-state index in [1.165, 1.54) is 4.88 Å². The molecule has 5 nitrogen and oxygen atoms in total. The average molecular weight is 262 g/mol. The van der Waals surface area contributed by atoms with Crippen LogP contribution in [-0.2, 0) is 6.54 Å². The third-order valence-corrected chi connectivity index (χ3v) is 3.39. The first kappa shape index (κ1) is 12.4. The molecule has 0 atom stereocenters. The van der Waals surface area contributed by atoms with Crippen LogP contribution >= 0.6 is 11.3 Å². The number of hydrogen-bond acceptors (Lipinski definition) is 5. The highest BCUT2D eigenvalue weighted by molar-refractivity contribution is 7.09. The van der Waals surface area contributed by atoms with Crippen molar-refractivity contribution >= 4 is 22.9 Å². The van der Waals surface area contributed by atoms with Crippen molar-refractivity contribution < 1.29 is 5.21 Å². The summed E-state index contributed by atoms with van der Waals surface area (Å²) in [6.45, 7) is 0.836. The summed E-state index contributed by atoms with van der Waals surface area (Å²) in [7, 11) is 2.00. The molecule has 2 heterocycles. The molecular weight excluding hydrogens is 248 g/mol. The van der Waals surface area contributed by atoms with Crippen LogP contribution < -0.4 is 10.6 Å². The number of nitrogens with zero attached hydrogens (tertiary/aromatic N) is 3. The van der Waals surface area contributed by atoms with E-state index in [4.69, 9.17) is 10.9 Å². The van der Waals surface area contributed by atoms with E-state index in [0.29, 0.717) is 5.69 Å². The standard InChI is InChI=1S/C12H14N4OS/c1-16(8-10-3-2-6-18-10)9-4-5-11(14-7-9)12(13)15-17/h2-7,17H,8H2,1H3,(H2,13,15). The van der Waals surface area contributed by atoms with Gasteiger partial charge in [-0.2, -0.15) is 0 Å². The zero-order valence-electron chi connectivity index (χ0n) is 9.95. The van der Waals surface area contributed by atoms with Gasteiger partial charge in [0.15, 0.2) is 5.84 Å². The summed E-state index contributed by atoms with van der Waals surface area (Å²) in [6, 6.07) is 7.76. The molecule has 3 N–H and O–H groups in total. The Labute approximate surface area is 109 Å². The number of thiophene rings is 1. The van der Waals surface area contributed by atoms with Crippen LogP contribution in [0.15, 0.2) is 41.0 Å². The largest absolute Gasteiger partial charge is 0.409 e. The lowest BCUT2D eigenvalue weighted by atomic mass is 10.3. The van der Waals surface area contributed by atoms with Gasteiger partial charge < -0.3 is 15.8 Å². The summed E-state index contributed by atoms with van der Waals surface area (Å²) in [5.74, 6) is 0.0162. The SMILES string of the molecule is CN(Cc1cccs1)c1ccc(/C(N)=N/O)nc1. The van der Waals surface area contributed by atoms with E-state index in [2.05, 4.69) is 26.5 Å². The molecule has 0 aliphatic heterocycles. The van der Waals surface area contributed by atoms with E-state index in [1.54, 1.807) is 23.6 Å². The van der Waals surface area contributed by atoms with Crippen molar-refractivity contribution in [1.29, 1.82) is 0 Å². The van der Waals surface area contributed by atoms with Crippen molar-refractivity contribution in [3.8, 4) is 0 Å². The highest BCUT2D eigenvalue weighted by Crippen LogP contribution is 2.17. The maximum absolute atomic E-state index is 8.55. The van der Waals surface area contributed by atoms with Gasteiger partial charge in [0, 0.05) is 11.9 Å². The Morgan fingerprint density at radius 3 is 2.89 bits per heavy atom. The van der Waals surface area contributed by atoms with Crippen molar-refractivity contribution in [2.75, 3.05) is 11.9 Å².